The van der Waals surface area contributed by atoms with Crippen LogP contribution < -0.4 is 16.3 Å². The zero-order chi connectivity index (χ0) is 14.1. The molecule has 1 aliphatic carbocycles. The Morgan fingerprint density at radius 1 is 1.55 bits per heavy atom. The summed E-state index contributed by atoms with van der Waals surface area (Å²) >= 11 is 0. The van der Waals surface area contributed by atoms with Gasteiger partial charge in [-0.25, -0.2) is 19.3 Å². The predicted octanol–water partition coefficient (Wildman–Crippen LogP) is 0.434. The van der Waals surface area contributed by atoms with Crippen molar-refractivity contribution >= 4 is 11.5 Å². The van der Waals surface area contributed by atoms with Gasteiger partial charge >= 0.3 is 5.69 Å². The van der Waals surface area contributed by atoms with E-state index in [1.54, 1.807) is 0 Å². The minimum atomic E-state index is -0.242. The molecule has 0 atom stereocenters. The molecular formula is C13H20N6O. The molecule has 20 heavy (non-hydrogen) atoms. The van der Waals surface area contributed by atoms with E-state index in [2.05, 4.69) is 20.1 Å². The van der Waals surface area contributed by atoms with Gasteiger partial charge in [-0.2, -0.15) is 5.10 Å². The first-order valence-electron chi connectivity index (χ1n) is 7.12. The molecule has 2 aromatic heterocycles. The van der Waals surface area contributed by atoms with Crippen molar-refractivity contribution in [3.63, 3.8) is 0 Å². The van der Waals surface area contributed by atoms with Crippen LogP contribution in [0.5, 0.6) is 0 Å². The molecule has 7 nitrogen and oxygen atoms in total. The SMILES string of the molecule is Cc1nc(N(CCCN)C2CCC2)cc2n[nH]c(=O)n12. The van der Waals surface area contributed by atoms with E-state index in [0.717, 1.165) is 18.8 Å². The fourth-order valence-electron chi connectivity index (χ4n) is 2.67. The van der Waals surface area contributed by atoms with Gasteiger partial charge in [0.05, 0.1) is 0 Å². The van der Waals surface area contributed by atoms with Gasteiger partial charge in [-0.1, -0.05) is 0 Å². The number of nitrogens with zero attached hydrogens (tertiary/aromatic N) is 4. The monoisotopic (exact) mass is 276 g/mol. The van der Waals surface area contributed by atoms with Crippen LogP contribution in [-0.2, 0) is 0 Å². The molecule has 0 spiro atoms. The van der Waals surface area contributed by atoms with Crippen LogP contribution in [0.1, 0.15) is 31.5 Å². The van der Waals surface area contributed by atoms with Crippen LogP contribution in [0.4, 0.5) is 5.82 Å². The Hall–Kier alpha value is -1.89. The van der Waals surface area contributed by atoms with E-state index in [0.29, 0.717) is 24.1 Å². The number of aryl methyl sites for hydroxylation is 1. The molecular weight excluding hydrogens is 256 g/mol. The van der Waals surface area contributed by atoms with E-state index in [9.17, 15) is 4.79 Å². The first-order chi connectivity index (χ1) is 9.70. The van der Waals surface area contributed by atoms with E-state index in [4.69, 9.17) is 5.73 Å². The van der Waals surface area contributed by atoms with Gasteiger partial charge in [0.15, 0.2) is 5.65 Å². The maximum absolute atomic E-state index is 11.6. The van der Waals surface area contributed by atoms with Gasteiger partial charge in [0, 0.05) is 18.7 Å². The summed E-state index contributed by atoms with van der Waals surface area (Å²) in [5.74, 6) is 1.56. The Kier molecular flexibility index (Phi) is 3.43. The fraction of sp³-hybridized carbons (Fsp3) is 0.615. The van der Waals surface area contributed by atoms with Crippen LogP contribution in [0.3, 0.4) is 0 Å². The summed E-state index contributed by atoms with van der Waals surface area (Å²) in [7, 11) is 0. The van der Waals surface area contributed by atoms with Gasteiger partial charge in [0.2, 0.25) is 0 Å². The third-order valence-electron chi connectivity index (χ3n) is 3.97. The predicted molar refractivity (Wildman–Crippen MR) is 77.0 cm³/mol. The number of nitrogens with two attached hydrogens (primary N) is 1. The van der Waals surface area contributed by atoms with E-state index in [-0.39, 0.29) is 5.69 Å². The molecule has 1 fully saturated rings. The molecule has 3 N–H and O–H groups in total. The molecule has 1 aliphatic rings. The molecule has 0 unspecified atom stereocenters. The van der Waals surface area contributed by atoms with Crippen LogP contribution in [0.25, 0.3) is 5.65 Å². The highest BCUT2D eigenvalue weighted by molar-refractivity contribution is 5.52. The quantitative estimate of drug-likeness (QED) is 0.826. The van der Waals surface area contributed by atoms with Crippen LogP contribution in [-0.4, -0.2) is 38.7 Å². The largest absolute Gasteiger partial charge is 0.353 e. The third-order valence-corrected chi connectivity index (χ3v) is 3.97. The van der Waals surface area contributed by atoms with Crippen molar-refractivity contribution in [1.82, 2.24) is 19.6 Å². The average molecular weight is 276 g/mol. The lowest BCUT2D eigenvalue weighted by Gasteiger charge is -2.38. The minimum Gasteiger partial charge on any atom is -0.353 e. The Morgan fingerprint density at radius 2 is 2.35 bits per heavy atom. The molecule has 3 rings (SSSR count). The summed E-state index contributed by atoms with van der Waals surface area (Å²) < 4.78 is 1.49. The third kappa shape index (κ3) is 2.18. The maximum atomic E-state index is 11.6. The standard InChI is InChI=1S/C13H20N6O/c1-9-15-11(8-12-16-17-13(20)19(9)12)18(7-3-6-14)10-4-2-5-10/h8,10H,2-7,14H2,1H3,(H,17,20). The Bertz CT molecular complexity index is 656. The number of hydrogen-bond acceptors (Lipinski definition) is 5. The summed E-state index contributed by atoms with van der Waals surface area (Å²) in [5, 5.41) is 6.50. The van der Waals surface area contributed by atoms with Gasteiger partial charge in [0.25, 0.3) is 0 Å². The van der Waals surface area contributed by atoms with Crippen molar-refractivity contribution in [3.05, 3.63) is 22.4 Å². The number of anilines is 1. The van der Waals surface area contributed by atoms with Gasteiger partial charge in [-0.3, -0.25) is 0 Å². The van der Waals surface area contributed by atoms with E-state index >= 15 is 0 Å². The second-order valence-corrected chi connectivity index (χ2v) is 5.30. The highest BCUT2D eigenvalue weighted by atomic mass is 16.1. The van der Waals surface area contributed by atoms with Crippen LogP contribution in [0, 0.1) is 6.92 Å². The molecule has 0 saturated heterocycles. The summed E-state index contributed by atoms with van der Waals surface area (Å²) in [6.07, 6.45) is 4.61. The number of aromatic amines is 1. The number of hydrogen-bond donors (Lipinski definition) is 2. The van der Waals surface area contributed by atoms with Crippen molar-refractivity contribution < 1.29 is 0 Å². The van der Waals surface area contributed by atoms with Gasteiger partial charge in [0.1, 0.15) is 11.6 Å². The lowest BCUT2D eigenvalue weighted by atomic mass is 9.91. The number of fused-ring (bicyclic) bond motifs is 1. The van der Waals surface area contributed by atoms with E-state index in [1.807, 2.05) is 13.0 Å². The molecule has 0 aromatic carbocycles. The van der Waals surface area contributed by atoms with Crippen molar-refractivity contribution in [2.75, 3.05) is 18.0 Å². The molecule has 1 saturated carbocycles. The summed E-state index contributed by atoms with van der Waals surface area (Å²) in [5.41, 5.74) is 6.01. The first kappa shape index (κ1) is 13.1. The molecule has 0 radical (unpaired) electrons. The number of nitrogens with one attached hydrogen (secondary N) is 1. The lowest BCUT2D eigenvalue weighted by Crippen LogP contribution is -2.42. The number of aromatic nitrogens is 4. The average Bonchev–Trinajstić information content (AvgIpc) is 2.74. The highest BCUT2D eigenvalue weighted by Crippen LogP contribution is 2.29. The van der Waals surface area contributed by atoms with Crippen molar-refractivity contribution in [2.24, 2.45) is 5.73 Å². The minimum absolute atomic E-state index is 0.242. The molecule has 0 aliphatic heterocycles. The molecule has 108 valence electrons. The highest BCUT2D eigenvalue weighted by Gasteiger charge is 2.26. The summed E-state index contributed by atoms with van der Waals surface area (Å²) in [4.78, 5) is 18.5. The lowest BCUT2D eigenvalue weighted by molar-refractivity contribution is 0.382. The zero-order valence-electron chi connectivity index (χ0n) is 11.7. The van der Waals surface area contributed by atoms with E-state index in [1.165, 1.54) is 23.7 Å². The molecule has 2 aromatic rings. The van der Waals surface area contributed by atoms with Crippen molar-refractivity contribution in [3.8, 4) is 0 Å². The topological polar surface area (TPSA) is 92.3 Å². The Balaban J connectivity index is 1.99. The maximum Gasteiger partial charge on any atom is 0.349 e. The molecule has 0 amide bonds. The van der Waals surface area contributed by atoms with Gasteiger partial charge in [-0.15, -0.1) is 0 Å². The Labute approximate surface area is 116 Å². The van der Waals surface area contributed by atoms with Crippen molar-refractivity contribution in [1.29, 1.82) is 0 Å². The summed E-state index contributed by atoms with van der Waals surface area (Å²) in [6.45, 7) is 3.40. The number of rotatable bonds is 5. The summed E-state index contributed by atoms with van der Waals surface area (Å²) in [6, 6.07) is 2.42. The first-order valence-corrected chi connectivity index (χ1v) is 7.12. The van der Waals surface area contributed by atoms with Crippen LogP contribution >= 0.6 is 0 Å². The second-order valence-electron chi connectivity index (χ2n) is 5.30. The normalized spacial score (nSPS) is 15.5. The molecule has 0 bridgehead atoms. The van der Waals surface area contributed by atoms with Gasteiger partial charge in [-0.05, 0) is 39.2 Å². The second kappa shape index (κ2) is 5.24. The van der Waals surface area contributed by atoms with Crippen LogP contribution in [0.2, 0.25) is 0 Å². The van der Waals surface area contributed by atoms with E-state index < -0.39 is 0 Å². The molecule has 7 heteroatoms. The fourth-order valence-corrected chi connectivity index (χ4v) is 2.67. The van der Waals surface area contributed by atoms with Crippen LogP contribution in [0.15, 0.2) is 10.9 Å². The van der Waals surface area contributed by atoms with Crippen molar-refractivity contribution in [2.45, 2.75) is 38.6 Å². The van der Waals surface area contributed by atoms with Gasteiger partial charge < -0.3 is 10.6 Å². The zero-order valence-corrected chi connectivity index (χ0v) is 11.7. The smallest absolute Gasteiger partial charge is 0.349 e. The number of H-pyrrole nitrogens is 1. The molecule has 2 heterocycles. The Morgan fingerprint density at radius 3 is 3.00 bits per heavy atom.